The normalized spacial score (nSPS) is 12.0. The zero-order valence-electron chi connectivity index (χ0n) is 7.65. The molecule has 4 heteroatoms. The minimum Gasteiger partial charge on any atom is -0.454 e. The average Bonchev–Trinajstić information content (AvgIpc) is 2.00. The van der Waals surface area contributed by atoms with Crippen molar-refractivity contribution < 1.29 is 14.3 Å². The largest absolute Gasteiger partial charge is 0.454 e. The molecule has 1 unspecified atom stereocenters. The second-order valence-electron chi connectivity index (χ2n) is 2.87. The van der Waals surface area contributed by atoms with E-state index in [0.29, 0.717) is 0 Å². The number of hydrogen-bond donors (Lipinski definition) is 0. The topological polar surface area (TPSA) is 62.7 Å². The van der Waals surface area contributed by atoms with Crippen LogP contribution < -0.4 is 0 Å². The minimum absolute atomic E-state index is 0.101. The molecule has 0 aliphatic rings. The van der Waals surface area contributed by atoms with Gasteiger partial charge in [-0.15, -0.1) is 0 Å². The molecule has 0 aromatic carbocycles. The molecule has 0 saturated carbocycles. The van der Waals surface area contributed by atoms with Gasteiger partial charge >= 0.3 is 12.2 Å². The Kier molecular flexibility index (Phi) is 4.97. The van der Waals surface area contributed by atoms with Crippen molar-refractivity contribution in [2.75, 3.05) is 0 Å². The van der Waals surface area contributed by atoms with Crippen LogP contribution in [0.15, 0.2) is 0 Å². The van der Waals surface area contributed by atoms with Crippen molar-refractivity contribution in [2.45, 2.75) is 33.3 Å². The molecule has 0 radical (unpaired) electrons. The summed E-state index contributed by atoms with van der Waals surface area (Å²) in [5.74, 6) is -0.316. The van der Waals surface area contributed by atoms with E-state index < -0.39 is 5.97 Å². The third kappa shape index (κ3) is 3.88. The van der Waals surface area contributed by atoms with Crippen molar-refractivity contribution in [3.63, 3.8) is 0 Å². The van der Waals surface area contributed by atoms with Gasteiger partial charge in [-0.3, -0.25) is 0 Å². The Bertz CT molecular complexity index is 195. The second-order valence-corrected chi connectivity index (χ2v) is 2.87. The highest BCUT2D eigenvalue weighted by Crippen LogP contribution is 2.09. The molecular weight excluding hydrogens is 156 g/mol. The fourth-order valence-electron chi connectivity index (χ4n) is 0.918. The first-order valence-corrected chi connectivity index (χ1v) is 3.99. The van der Waals surface area contributed by atoms with Crippen molar-refractivity contribution in [3.8, 4) is 0 Å². The molecule has 4 nitrogen and oxygen atoms in total. The predicted octanol–water partition coefficient (Wildman–Crippen LogP) is 1.26. The van der Waals surface area contributed by atoms with E-state index in [-0.39, 0.29) is 12.0 Å². The van der Waals surface area contributed by atoms with Crippen LogP contribution in [0.1, 0.15) is 27.2 Å². The average molecular weight is 170 g/mol. The molecule has 0 spiro atoms. The molecule has 0 saturated heterocycles. The lowest BCUT2D eigenvalue weighted by atomic mass is 10.1. The van der Waals surface area contributed by atoms with Crippen molar-refractivity contribution in [3.05, 3.63) is 5.53 Å². The third-order valence-corrected chi connectivity index (χ3v) is 1.58. The maximum absolute atomic E-state index is 10.8. The lowest BCUT2D eigenvalue weighted by Gasteiger charge is -2.17. The van der Waals surface area contributed by atoms with Gasteiger partial charge in [-0.2, -0.15) is 4.79 Å². The van der Waals surface area contributed by atoms with E-state index >= 15 is 0 Å². The monoisotopic (exact) mass is 170 g/mol. The van der Waals surface area contributed by atoms with Crippen LogP contribution in [0, 0.1) is 5.92 Å². The first-order chi connectivity index (χ1) is 5.61. The van der Waals surface area contributed by atoms with E-state index in [0.717, 1.165) is 12.6 Å². The Morgan fingerprint density at radius 1 is 1.67 bits per heavy atom. The van der Waals surface area contributed by atoms with Gasteiger partial charge in [0, 0.05) is 0 Å². The molecule has 0 aliphatic carbocycles. The molecule has 0 N–H and O–H groups in total. The van der Waals surface area contributed by atoms with E-state index in [2.05, 4.69) is 4.79 Å². The van der Waals surface area contributed by atoms with E-state index in [1.54, 1.807) is 0 Å². The lowest BCUT2D eigenvalue weighted by molar-refractivity contribution is -0.146. The molecule has 0 aromatic rings. The van der Waals surface area contributed by atoms with Crippen molar-refractivity contribution in [1.82, 2.24) is 0 Å². The summed E-state index contributed by atoms with van der Waals surface area (Å²) in [5, 5.41) is 0. The van der Waals surface area contributed by atoms with E-state index in [1.165, 1.54) is 0 Å². The zero-order chi connectivity index (χ0) is 9.56. The fourth-order valence-corrected chi connectivity index (χ4v) is 0.918. The molecule has 12 heavy (non-hydrogen) atoms. The molecule has 0 rings (SSSR count). The second kappa shape index (κ2) is 5.49. The zero-order valence-corrected chi connectivity index (χ0v) is 7.65. The number of rotatable bonds is 4. The van der Waals surface area contributed by atoms with Gasteiger partial charge in [0.05, 0.1) is 0 Å². The molecule has 0 fully saturated rings. The molecule has 1 atom stereocenters. The highest BCUT2D eigenvalue weighted by atomic mass is 16.5. The van der Waals surface area contributed by atoms with Crippen LogP contribution >= 0.6 is 0 Å². The van der Waals surface area contributed by atoms with E-state index in [9.17, 15) is 4.79 Å². The number of esters is 1. The summed E-state index contributed by atoms with van der Waals surface area (Å²) in [4.78, 5) is 13.4. The van der Waals surface area contributed by atoms with Gasteiger partial charge in [0.2, 0.25) is 0 Å². The molecule has 0 bridgehead atoms. The first-order valence-electron chi connectivity index (χ1n) is 3.99. The summed E-state index contributed by atoms with van der Waals surface area (Å²) in [5.41, 5.74) is 8.03. The highest BCUT2D eigenvalue weighted by Gasteiger charge is 2.16. The Labute approximate surface area is 72.2 Å². The van der Waals surface area contributed by atoms with Crippen LogP contribution in [-0.2, 0) is 9.53 Å². The van der Waals surface area contributed by atoms with E-state index in [4.69, 9.17) is 10.3 Å². The van der Waals surface area contributed by atoms with Crippen LogP contribution in [0.25, 0.3) is 5.53 Å². The van der Waals surface area contributed by atoms with Gasteiger partial charge in [-0.25, -0.2) is 4.79 Å². The van der Waals surface area contributed by atoms with Crippen molar-refractivity contribution in [2.24, 2.45) is 5.92 Å². The fraction of sp³-hybridized carbons (Fsp3) is 0.750. The SMILES string of the molecule is CCC(OC(=O)C=[N+]=[N-])C(C)C. The number of carbonyl (C=O) groups excluding carboxylic acids is 1. The van der Waals surface area contributed by atoms with Crippen molar-refractivity contribution in [1.29, 1.82) is 0 Å². The number of ether oxygens (including phenoxy) is 1. The molecule has 0 aliphatic heterocycles. The van der Waals surface area contributed by atoms with Crippen LogP contribution in [0.4, 0.5) is 0 Å². The van der Waals surface area contributed by atoms with Gasteiger partial charge in [0.15, 0.2) is 0 Å². The van der Waals surface area contributed by atoms with Gasteiger partial charge in [-0.1, -0.05) is 20.8 Å². The molecule has 0 aromatic heterocycles. The van der Waals surface area contributed by atoms with Crippen LogP contribution in [0.2, 0.25) is 0 Å². The summed E-state index contributed by atoms with van der Waals surface area (Å²) in [7, 11) is 0. The summed E-state index contributed by atoms with van der Waals surface area (Å²) < 4.78 is 4.95. The molecule has 68 valence electrons. The van der Waals surface area contributed by atoms with E-state index in [1.807, 2.05) is 20.8 Å². The molecular formula is C8H14N2O2. The minimum atomic E-state index is -0.599. The lowest BCUT2D eigenvalue weighted by Crippen LogP contribution is -2.23. The summed E-state index contributed by atoms with van der Waals surface area (Å²) >= 11 is 0. The van der Waals surface area contributed by atoms with Crippen LogP contribution in [0.3, 0.4) is 0 Å². The standard InChI is InChI=1S/C8H14N2O2/c1-4-7(6(2)3)12-8(11)5-10-9/h5-7H,4H2,1-3H3. The quantitative estimate of drug-likeness (QED) is 0.276. The third-order valence-electron chi connectivity index (χ3n) is 1.58. The van der Waals surface area contributed by atoms with Crippen LogP contribution in [0.5, 0.6) is 0 Å². The predicted molar refractivity (Wildman–Crippen MR) is 44.7 cm³/mol. The van der Waals surface area contributed by atoms with Gasteiger partial charge in [0.1, 0.15) is 6.10 Å². The van der Waals surface area contributed by atoms with Gasteiger partial charge in [-0.05, 0) is 12.3 Å². The summed E-state index contributed by atoms with van der Waals surface area (Å²) in [6.07, 6.45) is 1.42. The molecule has 0 heterocycles. The summed E-state index contributed by atoms with van der Waals surface area (Å²) in [6.45, 7) is 5.88. The maximum atomic E-state index is 10.8. The van der Waals surface area contributed by atoms with Crippen LogP contribution in [-0.4, -0.2) is 23.1 Å². The smallest absolute Gasteiger partial charge is 0.413 e. The maximum Gasteiger partial charge on any atom is 0.413 e. The van der Waals surface area contributed by atoms with Crippen molar-refractivity contribution >= 4 is 12.2 Å². The molecule has 0 amide bonds. The Balaban J connectivity index is 4.02. The Morgan fingerprint density at radius 3 is 2.58 bits per heavy atom. The van der Waals surface area contributed by atoms with Gasteiger partial charge in [0.25, 0.3) is 0 Å². The highest BCUT2D eigenvalue weighted by molar-refractivity contribution is 6.20. The Hall–Kier alpha value is -1.15. The first kappa shape index (κ1) is 10.8. The Morgan fingerprint density at radius 2 is 2.25 bits per heavy atom. The number of hydrogen-bond acceptors (Lipinski definition) is 2. The number of carbonyl (C=O) groups is 1. The van der Waals surface area contributed by atoms with Gasteiger partial charge < -0.3 is 10.3 Å². The number of nitrogens with zero attached hydrogens (tertiary/aromatic N) is 2. The summed E-state index contributed by atoms with van der Waals surface area (Å²) in [6, 6.07) is 0.